The molecule has 0 unspecified atom stereocenters. The average molecular weight is 390 g/mol. The highest BCUT2D eigenvalue weighted by Crippen LogP contribution is 2.26. The highest BCUT2D eigenvalue weighted by Gasteiger charge is 2.05. The zero-order valence-electron chi connectivity index (χ0n) is 16.9. The summed E-state index contributed by atoms with van der Waals surface area (Å²) in [4.78, 5) is 0. The van der Waals surface area contributed by atoms with Crippen LogP contribution in [-0.4, -0.2) is 14.2 Å². The fraction of sp³-hybridized carbons (Fsp3) is 0.200. The monoisotopic (exact) mass is 390 g/mol. The molecular formula is C25H26O4. The zero-order valence-corrected chi connectivity index (χ0v) is 16.9. The van der Waals surface area contributed by atoms with Gasteiger partial charge in [-0.3, -0.25) is 0 Å². The van der Waals surface area contributed by atoms with E-state index < -0.39 is 0 Å². The largest absolute Gasteiger partial charge is 0.497 e. The molecule has 29 heavy (non-hydrogen) atoms. The highest BCUT2D eigenvalue weighted by molar-refractivity contribution is 5.40. The van der Waals surface area contributed by atoms with E-state index in [1.165, 1.54) is 0 Å². The number of allylic oxidation sites excluding steroid dienone is 1. The van der Waals surface area contributed by atoms with Crippen LogP contribution in [0.25, 0.3) is 0 Å². The second-order valence-corrected chi connectivity index (χ2v) is 6.58. The fourth-order valence-electron chi connectivity index (χ4n) is 2.86. The van der Waals surface area contributed by atoms with Crippen molar-refractivity contribution in [3.8, 4) is 23.0 Å². The lowest BCUT2D eigenvalue weighted by molar-refractivity contribution is 0.289. The Balaban J connectivity index is 1.67. The summed E-state index contributed by atoms with van der Waals surface area (Å²) in [6.45, 7) is 4.77. The third kappa shape index (κ3) is 6.04. The van der Waals surface area contributed by atoms with Crippen LogP contribution in [0.1, 0.15) is 16.7 Å². The van der Waals surface area contributed by atoms with Gasteiger partial charge in [0, 0.05) is 6.07 Å². The predicted octanol–water partition coefficient (Wildman–Crippen LogP) is 5.59. The molecule has 0 aromatic heterocycles. The van der Waals surface area contributed by atoms with Gasteiger partial charge in [-0.15, -0.1) is 6.58 Å². The van der Waals surface area contributed by atoms with Gasteiger partial charge in [0.1, 0.15) is 36.2 Å². The van der Waals surface area contributed by atoms with Crippen molar-refractivity contribution >= 4 is 0 Å². The lowest BCUT2D eigenvalue weighted by atomic mass is 10.1. The third-order valence-electron chi connectivity index (χ3n) is 4.45. The van der Waals surface area contributed by atoms with E-state index in [0.29, 0.717) is 13.2 Å². The van der Waals surface area contributed by atoms with Crippen LogP contribution in [0.2, 0.25) is 0 Å². The second-order valence-electron chi connectivity index (χ2n) is 6.58. The van der Waals surface area contributed by atoms with Gasteiger partial charge in [-0.1, -0.05) is 30.3 Å². The normalized spacial score (nSPS) is 10.3. The van der Waals surface area contributed by atoms with E-state index in [4.69, 9.17) is 18.9 Å². The van der Waals surface area contributed by atoms with Crippen molar-refractivity contribution in [1.29, 1.82) is 0 Å². The number of hydrogen-bond donors (Lipinski definition) is 0. The van der Waals surface area contributed by atoms with Crippen molar-refractivity contribution < 1.29 is 18.9 Å². The molecule has 0 saturated carbocycles. The molecule has 3 aromatic carbocycles. The molecule has 0 radical (unpaired) electrons. The van der Waals surface area contributed by atoms with Gasteiger partial charge in [0.25, 0.3) is 0 Å². The number of hydrogen-bond acceptors (Lipinski definition) is 4. The van der Waals surface area contributed by atoms with Crippen LogP contribution < -0.4 is 18.9 Å². The maximum Gasteiger partial charge on any atom is 0.123 e. The van der Waals surface area contributed by atoms with E-state index >= 15 is 0 Å². The summed E-state index contributed by atoms with van der Waals surface area (Å²) in [5.41, 5.74) is 3.23. The first kappa shape index (κ1) is 20.3. The number of rotatable bonds is 10. The summed E-state index contributed by atoms with van der Waals surface area (Å²) >= 11 is 0. The van der Waals surface area contributed by atoms with Crippen LogP contribution in [0, 0.1) is 0 Å². The molecule has 0 fully saturated rings. The van der Waals surface area contributed by atoms with E-state index in [1.807, 2.05) is 72.8 Å². The Morgan fingerprint density at radius 2 is 1.07 bits per heavy atom. The van der Waals surface area contributed by atoms with Crippen molar-refractivity contribution in [3.63, 3.8) is 0 Å². The average Bonchev–Trinajstić information content (AvgIpc) is 2.77. The van der Waals surface area contributed by atoms with Crippen LogP contribution in [0.15, 0.2) is 79.4 Å². The van der Waals surface area contributed by atoms with E-state index in [0.717, 1.165) is 46.1 Å². The molecule has 0 amide bonds. The summed E-state index contributed by atoms with van der Waals surface area (Å²) in [5, 5.41) is 0. The Kier molecular flexibility index (Phi) is 7.17. The highest BCUT2D eigenvalue weighted by atomic mass is 16.5. The topological polar surface area (TPSA) is 36.9 Å². The molecule has 4 nitrogen and oxygen atoms in total. The molecule has 0 N–H and O–H groups in total. The van der Waals surface area contributed by atoms with Crippen LogP contribution in [0.5, 0.6) is 23.0 Å². The van der Waals surface area contributed by atoms with Crippen LogP contribution >= 0.6 is 0 Å². The van der Waals surface area contributed by atoms with Crippen molar-refractivity contribution in [3.05, 3.63) is 96.1 Å². The maximum absolute atomic E-state index is 6.00. The van der Waals surface area contributed by atoms with Gasteiger partial charge in [0.05, 0.1) is 14.2 Å². The summed E-state index contributed by atoms with van der Waals surface area (Å²) in [6, 6.07) is 21.6. The van der Waals surface area contributed by atoms with E-state index in [-0.39, 0.29) is 0 Å². The minimum atomic E-state index is 0.472. The molecule has 3 rings (SSSR count). The molecule has 0 aliphatic rings. The minimum Gasteiger partial charge on any atom is -0.497 e. The molecular weight excluding hydrogens is 364 g/mol. The van der Waals surface area contributed by atoms with Gasteiger partial charge in [0.15, 0.2) is 0 Å². The smallest absolute Gasteiger partial charge is 0.123 e. The Bertz CT molecular complexity index is 845. The Morgan fingerprint density at radius 3 is 1.45 bits per heavy atom. The van der Waals surface area contributed by atoms with Crippen molar-refractivity contribution in [2.45, 2.75) is 19.6 Å². The standard InChI is InChI=1S/C25H26O4/c1-4-5-21-14-24(28-17-19-6-10-22(26-2)11-7-19)16-25(15-21)29-18-20-8-12-23(27-3)13-9-20/h4,6-16H,1,5,17-18H2,2-3H3. The third-order valence-corrected chi connectivity index (χ3v) is 4.45. The second kappa shape index (κ2) is 10.2. The molecule has 0 bridgehead atoms. The quantitative estimate of drug-likeness (QED) is 0.423. The van der Waals surface area contributed by atoms with Gasteiger partial charge in [-0.25, -0.2) is 0 Å². The summed E-state index contributed by atoms with van der Waals surface area (Å²) < 4.78 is 22.4. The zero-order chi connectivity index (χ0) is 20.5. The van der Waals surface area contributed by atoms with Crippen LogP contribution in [0.4, 0.5) is 0 Å². The van der Waals surface area contributed by atoms with Crippen LogP contribution in [-0.2, 0) is 19.6 Å². The van der Waals surface area contributed by atoms with Crippen molar-refractivity contribution in [2.24, 2.45) is 0 Å². The minimum absolute atomic E-state index is 0.472. The fourth-order valence-corrected chi connectivity index (χ4v) is 2.86. The molecule has 0 saturated heterocycles. The van der Waals surface area contributed by atoms with E-state index in [1.54, 1.807) is 14.2 Å². The molecule has 4 heteroatoms. The van der Waals surface area contributed by atoms with E-state index in [2.05, 4.69) is 6.58 Å². The molecule has 0 atom stereocenters. The van der Waals surface area contributed by atoms with Crippen LogP contribution in [0.3, 0.4) is 0 Å². The molecule has 0 heterocycles. The molecule has 0 spiro atoms. The van der Waals surface area contributed by atoms with Gasteiger partial charge >= 0.3 is 0 Å². The lowest BCUT2D eigenvalue weighted by Gasteiger charge is -2.13. The maximum atomic E-state index is 6.00. The van der Waals surface area contributed by atoms with Crippen molar-refractivity contribution in [1.82, 2.24) is 0 Å². The number of ether oxygens (including phenoxy) is 4. The molecule has 0 aliphatic carbocycles. The van der Waals surface area contributed by atoms with Gasteiger partial charge in [-0.2, -0.15) is 0 Å². The molecule has 0 aliphatic heterocycles. The Hall–Kier alpha value is -3.40. The first-order chi connectivity index (χ1) is 14.2. The number of benzene rings is 3. The van der Waals surface area contributed by atoms with E-state index in [9.17, 15) is 0 Å². The predicted molar refractivity (Wildman–Crippen MR) is 115 cm³/mol. The number of methoxy groups -OCH3 is 2. The molecule has 3 aromatic rings. The first-order valence-corrected chi connectivity index (χ1v) is 9.46. The van der Waals surface area contributed by atoms with Gasteiger partial charge in [0.2, 0.25) is 0 Å². The molecule has 150 valence electrons. The SMILES string of the molecule is C=CCc1cc(OCc2ccc(OC)cc2)cc(OCc2ccc(OC)cc2)c1. The van der Waals surface area contributed by atoms with Crippen molar-refractivity contribution in [2.75, 3.05) is 14.2 Å². The van der Waals surface area contributed by atoms with Gasteiger partial charge < -0.3 is 18.9 Å². The Morgan fingerprint density at radius 1 is 0.621 bits per heavy atom. The van der Waals surface area contributed by atoms with Gasteiger partial charge in [-0.05, 0) is 59.5 Å². The summed E-state index contributed by atoms with van der Waals surface area (Å²) in [6.07, 6.45) is 2.62. The summed E-state index contributed by atoms with van der Waals surface area (Å²) in [5.74, 6) is 3.20. The summed E-state index contributed by atoms with van der Waals surface area (Å²) in [7, 11) is 3.31. The Labute approximate surface area is 172 Å². The lowest BCUT2D eigenvalue weighted by Crippen LogP contribution is -1.99. The first-order valence-electron chi connectivity index (χ1n) is 9.46.